The van der Waals surface area contributed by atoms with E-state index in [1.54, 1.807) is 12.1 Å². The van der Waals surface area contributed by atoms with Crippen molar-refractivity contribution < 1.29 is 5.11 Å². The van der Waals surface area contributed by atoms with E-state index in [9.17, 15) is 5.11 Å². The monoisotopic (exact) mass is 206 g/mol. The Balaban J connectivity index is 2.09. The maximum absolute atomic E-state index is 9.72. The Hall–Kier alpha value is -1.22. The van der Waals surface area contributed by atoms with E-state index in [0.717, 1.165) is 25.2 Å². The molecule has 0 aliphatic carbocycles. The van der Waals surface area contributed by atoms with Gasteiger partial charge in [-0.15, -0.1) is 0 Å². The van der Waals surface area contributed by atoms with E-state index in [1.165, 1.54) is 19.3 Å². The lowest BCUT2D eigenvalue weighted by molar-refractivity contribution is 0.219. The summed E-state index contributed by atoms with van der Waals surface area (Å²) >= 11 is 0. The molecule has 0 saturated carbocycles. The van der Waals surface area contributed by atoms with Gasteiger partial charge in [0.15, 0.2) is 0 Å². The van der Waals surface area contributed by atoms with E-state index >= 15 is 0 Å². The number of phenols is 1. The van der Waals surface area contributed by atoms with Gasteiger partial charge in [0, 0.05) is 17.8 Å². The van der Waals surface area contributed by atoms with Crippen molar-refractivity contribution >= 4 is 5.69 Å². The molecule has 1 aromatic carbocycles. The van der Waals surface area contributed by atoms with E-state index in [1.807, 2.05) is 6.07 Å². The van der Waals surface area contributed by atoms with Crippen LogP contribution in [0.25, 0.3) is 0 Å². The predicted molar refractivity (Wildman–Crippen MR) is 61.6 cm³/mol. The molecule has 1 heterocycles. The SMILES string of the molecule is Nc1cccc(O)c1CN1CCCCC1. The summed E-state index contributed by atoms with van der Waals surface area (Å²) in [6.45, 7) is 3.01. The van der Waals surface area contributed by atoms with Gasteiger partial charge >= 0.3 is 0 Å². The second-order valence-corrected chi connectivity index (χ2v) is 4.18. The van der Waals surface area contributed by atoms with Crippen LogP contribution in [0.3, 0.4) is 0 Å². The summed E-state index contributed by atoms with van der Waals surface area (Å²) in [5.41, 5.74) is 7.42. The van der Waals surface area contributed by atoms with Gasteiger partial charge in [-0.05, 0) is 38.1 Å². The van der Waals surface area contributed by atoms with Crippen molar-refractivity contribution in [3.8, 4) is 5.75 Å². The Kier molecular flexibility index (Phi) is 3.11. The van der Waals surface area contributed by atoms with Crippen LogP contribution >= 0.6 is 0 Å². The summed E-state index contributed by atoms with van der Waals surface area (Å²) in [4.78, 5) is 2.36. The number of rotatable bonds is 2. The van der Waals surface area contributed by atoms with Gasteiger partial charge in [0.25, 0.3) is 0 Å². The molecule has 1 aliphatic rings. The first-order valence-corrected chi connectivity index (χ1v) is 5.56. The molecule has 0 aromatic heterocycles. The van der Waals surface area contributed by atoms with Crippen LogP contribution in [-0.4, -0.2) is 23.1 Å². The highest BCUT2D eigenvalue weighted by atomic mass is 16.3. The van der Waals surface area contributed by atoms with Crippen LogP contribution in [0.2, 0.25) is 0 Å². The number of nitrogens with zero attached hydrogens (tertiary/aromatic N) is 1. The van der Waals surface area contributed by atoms with Crippen molar-refractivity contribution in [3.05, 3.63) is 23.8 Å². The van der Waals surface area contributed by atoms with Crippen LogP contribution < -0.4 is 5.73 Å². The standard InChI is InChI=1S/C12H18N2O/c13-11-5-4-6-12(15)10(11)9-14-7-2-1-3-8-14/h4-6,15H,1-3,7-9,13H2. The molecule has 0 amide bonds. The molecule has 0 unspecified atom stereocenters. The van der Waals surface area contributed by atoms with Gasteiger partial charge in [-0.1, -0.05) is 12.5 Å². The lowest BCUT2D eigenvalue weighted by Gasteiger charge is -2.27. The van der Waals surface area contributed by atoms with Crippen molar-refractivity contribution in [2.24, 2.45) is 0 Å². The van der Waals surface area contributed by atoms with E-state index in [4.69, 9.17) is 5.73 Å². The Morgan fingerprint density at radius 3 is 2.60 bits per heavy atom. The first kappa shape index (κ1) is 10.3. The zero-order valence-corrected chi connectivity index (χ0v) is 8.95. The number of benzene rings is 1. The van der Waals surface area contributed by atoms with Crippen molar-refractivity contribution in [1.29, 1.82) is 0 Å². The number of phenolic OH excluding ortho intramolecular Hbond substituents is 1. The van der Waals surface area contributed by atoms with E-state index in [-0.39, 0.29) is 0 Å². The lowest BCUT2D eigenvalue weighted by atomic mass is 10.1. The topological polar surface area (TPSA) is 49.5 Å². The molecule has 3 nitrogen and oxygen atoms in total. The number of nitrogen functional groups attached to an aromatic ring is 1. The molecule has 0 spiro atoms. The van der Waals surface area contributed by atoms with Crippen LogP contribution in [0.5, 0.6) is 5.75 Å². The summed E-state index contributed by atoms with van der Waals surface area (Å²) in [6.07, 6.45) is 3.84. The van der Waals surface area contributed by atoms with Gasteiger partial charge in [0.2, 0.25) is 0 Å². The molecule has 1 fully saturated rings. The second kappa shape index (κ2) is 4.53. The molecular formula is C12H18N2O. The van der Waals surface area contributed by atoms with Crippen LogP contribution in [0, 0.1) is 0 Å². The zero-order chi connectivity index (χ0) is 10.7. The van der Waals surface area contributed by atoms with E-state index in [0.29, 0.717) is 11.4 Å². The van der Waals surface area contributed by atoms with Crippen molar-refractivity contribution in [1.82, 2.24) is 4.90 Å². The van der Waals surface area contributed by atoms with Gasteiger partial charge in [-0.25, -0.2) is 0 Å². The maximum atomic E-state index is 9.72. The molecule has 1 aromatic rings. The Morgan fingerprint density at radius 1 is 1.20 bits per heavy atom. The van der Waals surface area contributed by atoms with Crippen LogP contribution in [0.1, 0.15) is 24.8 Å². The van der Waals surface area contributed by atoms with E-state index in [2.05, 4.69) is 4.90 Å². The number of likely N-dealkylation sites (tertiary alicyclic amines) is 1. The maximum Gasteiger partial charge on any atom is 0.122 e. The van der Waals surface area contributed by atoms with Crippen LogP contribution in [-0.2, 0) is 6.54 Å². The molecule has 2 rings (SSSR count). The van der Waals surface area contributed by atoms with Gasteiger partial charge in [0.1, 0.15) is 5.75 Å². The van der Waals surface area contributed by atoms with Crippen LogP contribution in [0.4, 0.5) is 5.69 Å². The highest BCUT2D eigenvalue weighted by Crippen LogP contribution is 2.25. The summed E-state index contributed by atoms with van der Waals surface area (Å²) in [7, 11) is 0. The fourth-order valence-electron chi connectivity index (χ4n) is 2.11. The van der Waals surface area contributed by atoms with Crippen molar-refractivity contribution in [3.63, 3.8) is 0 Å². The Bertz CT molecular complexity index is 312. The first-order valence-electron chi connectivity index (χ1n) is 5.56. The Labute approximate surface area is 90.5 Å². The Morgan fingerprint density at radius 2 is 1.93 bits per heavy atom. The molecular weight excluding hydrogens is 188 g/mol. The average Bonchev–Trinajstić information content (AvgIpc) is 2.25. The highest BCUT2D eigenvalue weighted by molar-refractivity contribution is 5.53. The normalized spacial score (nSPS) is 17.9. The van der Waals surface area contributed by atoms with Gasteiger partial charge in [-0.2, -0.15) is 0 Å². The second-order valence-electron chi connectivity index (χ2n) is 4.18. The van der Waals surface area contributed by atoms with Crippen molar-refractivity contribution in [2.45, 2.75) is 25.8 Å². The molecule has 3 heteroatoms. The fraction of sp³-hybridized carbons (Fsp3) is 0.500. The third-order valence-electron chi connectivity index (χ3n) is 3.02. The molecule has 0 radical (unpaired) electrons. The quantitative estimate of drug-likeness (QED) is 0.727. The van der Waals surface area contributed by atoms with Gasteiger partial charge in [0.05, 0.1) is 0 Å². The molecule has 15 heavy (non-hydrogen) atoms. The summed E-state index contributed by atoms with van der Waals surface area (Å²) in [5.74, 6) is 0.320. The van der Waals surface area contributed by atoms with Gasteiger partial charge < -0.3 is 10.8 Å². The predicted octanol–water partition coefficient (Wildman–Crippen LogP) is 1.96. The minimum atomic E-state index is 0.320. The number of anilines is 1. The minimum absolute atomic E-state index is 0.320. The number of nitrogens with two attached hydrogens (primary N) is 1. The third kappa shape index (κ3) is 2.42. The molecule has 1 aliphatic heterocycles. The smallest absolute Gasteiger partial charge is 0.122 e. The van der Waals surface area contributed by atoms with Gasteiger partial charge in [-0.3, -0.25) is 4.90 Å². The number of hydrogen-bond acceptors (Lipinski definition) is 3. The summed E-state index contributed by atoms with van der Waals surface area (Å²) in [5, 5.41) is 9.72. The number of aromatic hydroxyl groups is 1. The minimum Gasteiger partial charge on any atom is -0.508 e. The third-order valence-corrected chi connectivity index (χ3v) is 3.02. The summed E-state index contributed by atoms with van der Waals surface area (Å²) < 4.78 is 0. The first-order chi connectivity index (χ1) is 7.27. The molecule has 0 bridgehead atoms. The summed E-state index contributed by atoms with van der Waals surface area (Å²) in [6, 6.07) is 5.33. The molecule has 3 N–H and O–H groups in total. The molecule has 82 valence electrons. The molecule has 1 saturated heterocycles. The largest absolute Gasteiger partial charge is 0.508 e. The van der Waals surface area contributed by atoms with E-state index < -0.39 is 0 Å². The fourth-order valence-corrected chi connectivity index (χ4v) is 2.11. The average molecular weight is 206 g/mol. The molecule has 0 atom stereocenters. The van der Waals surface area contributed by atoms with Crippen molar-refractivity contribution in [2.75, 3.05) is 18.8 Å². The zero-order valence-electron chi connectivity index (χ0n) is 8.95. The number of piperidine rings is 1. The highest BCUT2D eigenvalue weighted by Gasteiger charge is 2.13. The number of hydrogen-bond donors (Lipinski definition) is 2. The van der Waals surface area contributed by atoms with Crippen LogP contribution in [0.15, 0.2) is 18.2 Å². The lowest BCUT2D eigenvalue weighted by Crippen LogP contribution is -2.29.